The molecule has 0 fully saturated rings. The van der Waals surface area contributed by atoms with Crippen LogP contribution in [0, 0.1) is 0 Å². The summed E-state index contributed by atoms with van der Waals surface area (Å²) in [6, 6.07) is 1.43. The third kappa shape index (κ3) is 4.02. The molecule has 0 saturated carbocycles. The maximum atomic E-state index is 11.8. The van der Waals surface area contributed by atoms with E-state index in [-0.39, 0.29) is 17.9 Å². The van der Waals surface area contributed by atoms with Gasteiger partial charge in [-0.25, -0.2) is 4.79 Å². The van der Waals surface area contributed by atoms with Crippen molar-refractivity contribution in [3.63, 3.8) is 0 Å². The van der Waals surface area contributed by atoms with Crippen LogP contribution >= 0.6 is 0 Å². The lowest BCUT2D eigenvalue weighted by Gasteiger charge is -2.21. The molecule has 0 radical (unpaired) electrons. The fourth-order valence-corrected chi connectivity index (χ4v) is 1.88. The van der Waals surface area contributed by atoms with E-state index in [2.05, 4.69) is 0 Å². The molecule has 1 rings (SSSR count). The summed E-state index contributed by atoms with van der Waals surface area (Å²) >= 11 is 0. The quantitative estimate of drug-likeness (QED) is 0.683. The summed E-state index contributed by atoms with van der Waals surface area (Å²) in [6.07, 6.45) is -0.599. The highest BCUT2D eigenvalue weighted by Gasteiger charge is 2.11. The van der Waals surface area contributed by atoms with Crippen molar-refractivity contribution in [2.24, 2.45) is 14.1 Å². The summed E-state index contributed by atoms with van der Waals surface area (Å²) in [6.45, 7) is 1.06. The zero-order chi connectivity index (χ0) is 14.6. The van der Waals surface area contributed by atoms with Gasteiger partial charge in [-0.15, -0.1) is 0 Å². The minimum atomic E-state index is -0.599. The Morgan fingerprint density at radius 3 is 2.58 bits per heavy atom. The molecule has 0 aliphatic rings. The fourth-order valence-electron chi connectivity index (χ4n) is 1.88. The van der Waals surface area contributed by atoms with Crippen molar-refractivity contribution in [1.29, 1.82) is 0 Å². The third-order valence-corrected chi connectivity index (χ3v) is 2.94. The van der Waals surface area contributed by atoms with Crippen LogP contribution in [-0.4, -0.2) is 52.6 Å². The first-order valence-electron chi connectivity index (χ1n) is 5.98. The zero-order valence-electron chi connectivity index (χ0n) is 11.8. The summed E-state index contributed by atoms with van der Waals surface area (Å²) in [4.78, 5) is 25.2. The first-order chi connectivity index (χ1) is 8.86. The van der Waals surface area contributed by atoms with E-state index in [9.17, 15) is 14.7 Å². The molecule has 0 spiro atoms. The van der Waals surface area contributed by atoms with Crippen molar-refractivity contribution in [2.45, 2.75) is 12.6 Å². The molecule has 1 N–H and O–H groups in total. The van der Waals surface area contributed by atoms with Gasteiger partial charge in [0.1, 0.15) is 0 Å². The standard InChI is InChI=1S/C12H21N3O4/c1-13(7-10(16)8-19-4)6-9-5-11(17)15(3)12(18)14(9)2/h5,10,16H,6-8H2,1-4H3. The van der Waals surface area contributed by atoms with Gasteiger partial charge in [-0.2, -0.15) is 0 Å². The Bertz CT molecular complexity index is 535. The molecule has 7 nitrogen and oxygen atoms in total. The number of methoxy groups -OCH3 is 1. The molecule has 1 unspecified atom stereocenters. The molecule has 1 aromatic rings. The van der Waals surface area contributed by atoms with E-state index < -0.39 is 6.10 Å². The number of nitrogens with zero attached hydrogens (tertiary/aromatic N) is 3. The van der Waals surface area contributed by atoms with Crippen molar-refractivity contribution in [3.05, 3.63) is 32.6 Å². The Morgan fingerprint density at radius 1 is 1.37 bits per heavy atom. The van der Waals surface area contributed by atoms with Crippen molar-refractivity contribution in [3.8, 4) is 0 Å². The first kappa shape index (κ1) is 15.6. The molecule has 0 amide bonds. The van der Waals surface area contributed by atoms with Crippen molar-refractivity contribution >= 4 is 0 Å². The molecular weight excluding hydrogens is 250 g/mol. The number of aromatic nitrogens is 2. The molecular formula is C12H21N3O4. The first-order valence-corrected chi connectivity index (χ1v) is 5.98. The van der Waals surface area contributed by atoms with E-state index in [1.165, 1.54) is 24.8 Å². The van der Waals surface area contributed by atoms with Crippen LogP contribution in [-0.2, 0) is 25.4 Å². The predicted molar refractivity (Wildman–Crippen MR) is 71.1 cm³/mol. The van der Waals surface area contributed by atoms with E-state index in [4.69, 9.17) is 4.74 Å². The van der Waals surface area contributed by atoms with Gasteiger partial charge in [-0.05, 0) is 7.05 Å². The second-order valence-electron chi connectivity index (χ2n) is 4.68. The van der Waals surface area contributed by atoms with Gasteiger partial charge in [0.05, 0.1) is 12.7 Å². The lowest BCUT2D eigenvalue weighted by atomic mass is 10.3. The van der Waals surface area contributed by atoms with Crippen LogP contribution in [0.25, 0.3) is 0 Å². The molecule has 0 saturated heterocycles. The Hall–Kier alpha value is -1.44. The van der Waals surface area contributed by atoms with Crippen LogP contribution in [0.15, 0.2) is 15.7 Å². The summed E-state index contributed by atoms with van der Waals surface area (Å²) in [5.41, 5.74) is -0.0718. The van der Waals surface area contributed by atoms with Gasteiger partial charge < -0.3 is 9.84 Å². The fraction of sp³-hybridized carbons (Fsp3) is 0.667. The van der Waals surface area contributed by atoms with Crippen LogP contribution in [0.1, 0.15) is 5.69 Å². The van der Waals surface area contributed by atoms with E-state index in [1.807, 2.05) is 4.90 Å². The van der Waals surface area contributed by atoms with Crippen LogP contribution in [0.3, 0.4) is 0 Å². The molecule has 7 heteroatoms. The molecule has 0 aliphatic carbocycles. The van der Waals surface area contributed by atoms with E-state index >= 15 is 0 Å². The second-order valence-corrected chi connectivity index (χ2v) is 4.68. The molecule has 1 heterocycles. The van der Waals surface area contributed by atoms with E-state index in [0.29, 0.717) is 18.8 Å². The van der Waals surface area contributed by atoms with Gasteiger partial charge in [0.2, 0.25) is 0 Å². The SMILES string of the molecule is COCC(O)CN(C)Cc1cc(=O)n(C)c(=O)n1C. The van der Waals surface area contributed by atoms with Gasteiger partial charge in [0.25, 0.3) is 5.56 Å². The summed E-state index contributed by atoms with van der Waals surface area (Å²) < 4.78 is 7.34. The smallest absolute Gasteiger partial charge is 0.330 e. The van der Waals surface area contributed by atoms with Crippen LogP contribution in [0.5, 0.6) is 0 Å². The Morgan fingerprint density at radius 2 is 2.00 bits per heavy atom. The van der Waals surface area contributed by atoms with Crippen LogP contribution in [0.2, 0.25) is 0 Å². The van der Waals surface area contributed by atoms with Crippen LogP contribution in [0.4, 0.5) is 0 Å². The van der Waals surface area contributed by atoms with Gasteiger partial charge >= 0.3 is 5.69 Å². The van der Waals surface area contributed by atoms with Gasteiger partial charge in [0.15, 0.2) is 0 Å². The lowest BCUT2D eigenvalue weighted by molar-refractivity contribution is 0.0414. The van der Waals surface area contributed by atoms with Gasteiger partial charge in [0, 0.05) is 46.1 Å². The Labute approximate surface area is 111 Å². The lowest BCUT2D eigenvalue weighted by Crippen LogP contribution is -2.40. The molecule has 0 aromatic carbocycles. The topological polar surface area (TPSA) is 76.7 Å². The summed E-state index contributed by atoms with van der Waals surface area (Å²) in [5.74, 6) is 0. The highest BCUT2D eigenvalue weighted by Crippen LogP contribution is 1.99. The molecule has 108 valence electrons. The maximum Gasteiger partial charge on any atom is 0.330 e. The molecule has 1 atom stereocenters. The zero-order valence-corrected chi connectivity index (χ0v) is 11.8. The molecule has 0 aliphatic heterocycles. The number of aliphatic hydroxyl groups is 1. The highest BCUT2D eigenvalue weighted by atomic mass is 16.5. The second kappa shape index (κ2) is 6.65. The maximum absolute atomic E-state index is 11.8. The minimum absolute atomic E-state index is 0.250. The molecule has 1 aromatic heterocycles. The van der Waals surface area contributed by atoms with Crippen molar-refractivity contribution in [2.75, 3.05) is 27.3 Å². The number of likely N-dealkylation sites (N-methyl/N-ethyl adjacent to an activating group) is 1. The monoisotopic (exact) mass is 271 g/mol. The van der Waals surface area contributed by atoms with Crippen LogP contribution < -0.4 is 11.2 Å². The summed E-state index contributed by atoms with van der Waals surface area (Å²) in [5, 5.41) is 9.62. The summed E-state index contributed by atoms with van der Waals surface area (Å²) in [7, 11) is 6.39. The largest absolute Gasteiger partial charge is 0.389 e. The van der Waals surface area contributed by atoms with Crippen molar-refractivity contribution in [1.82, 2.24) is 14.0 Å². The van der Waals surface area contributed by atoms with E-state index in [1.54, 1.807) is 14.1 Å². The molecule has 0 bridgehead atoms. The van der Waals surface area contributed by atoms with Gasteiger partial charge in [-0.1, -0.05) is 0 Å². The number of ether oxygens (including phenoxy) is 1. The highest BCUT2D eigenvalue weighted by molar-refractivity contribution is 5.02. The average molecular weight is 271 g/mol. The normalized spacial score (nSPS) is 12.9. The molecule has 19 heavy (non-hydrogen) atoms. The third-order valence-electron chi connectivity index (χ3n) is 2.94. The predicted octanol–water partition coefficient (Wildman–Crippen LogP) is -1.48. The number of rotatable bonds is 6. The Kier molecular flexibility index (Phi) is 5.46. The number of hydrogen-bond donors (Lipinski definition) is 1. The van der Waals surface area contributed by atoms with Gasteiger partial charge in [-0.3, -0.25) is 18.8 Å². The number of hydrogen-bond acceptors (Lipinski definition) is 5. The van der Waals surface area contributed by atoms with E-state index in [0.717, 1.165) is 4.57 Å². The average Bonchev–Trinajstić information content (AvgIpc) is 2.33. The minimum Gasteiger partial charge on any atom is -0.389 e. The Balaban J connectivity index is 2.83. The number of aliphatic hydroxyl groups excluding tert-OH is 1. The van der Waals surface area contributed by atoms with Crippen molar-refractivity contribution < 1.29 is 9.84 Å².